The van der Waals surface area contributed by atoms with Crippen molar-refractivity contribution in [2.75, 3.05) is 49.6 Å². The van der Waals surface area contributed by atoms with Gasteiger partial charge in [0, 0.05) is 56.8 Å². The number of hydrogen-bond acceptors (Lipinski definition) is 6. The molecule has 1 unspecified atom stereocenters. The zero-order chi connectivity index (χ0) is 17.0. The summed E-state index contributed by atoms with van der Waals surface area (Å²) in [6.07, 6.45) is 1.27. The average Bonchev–Trinajstić information content (AvgIpc) is 2.46. The Bertz CT molecular complexity index is 637. The standard InChI is InChI=1S/C15H23N3O4S/c1-13(12-23(2,21)22)11-16-7-9-17(10-8-16)14-3-5-15(6-4-14)18(19)20/h3-6,13H,7-12H2,1-2H3. The monoisotopic (exact) mass is 341 g/mol. The van der Waals surface area contributed by atoms with Crippen molar-refractivity contribution in [3.63, 3.8) is 0 Å². The molecule has 0 saturated carbocycles. The Balaban J connectivity index is 1.85. The second kappa shape index (κ2) is 7.27. The molecule has 1 aliphatic heterocycles. The summed E-state index contributed by atoms with van der Waals surface area (Å²) in [6, 6.07) is 6.60. The van der Waals surface area contributed by atoms with Gasteiger partial charge >= 0.3 is 0 Å². The van der Waals surface area contributed by atoms with Gasteiger partial charge in [0.1, 0.15) is 9.84 Å². The molecule has 0 bridgehead atoms. The number of nitro benzene ring substituents is 1. The van der Waals surface area contributed by atoms with Gasteiger partial charge in [0.2, 0.25) is 0 Å². The Labute approximate surface area is 137 Å². The summed E-state index contributed by atoms with van der Waals surface area (Å²) in [7, 11) is -2.93. The van der Waals surface area contributed by atoms with Gasteiger partial charge in [-0.05, 0) is 18.1 Å². The lowest BCUT2D eigenvalue weighted by molar-refractivity contribution is -0.384. The number of piperazine rings is 1. The highest BCUT2D eigenvalue weighted by atomic mass is 32.2. The number of non-ortho nitro benzene ring substituents is 1. The topological polar surface area (TPSA) is 83.8 Å². The number of rotatable bonds is 6. The van der Waals surface area contributed by atoms with Gasteiger partial charge < -0.3 is 4.90 Å². The largest absolute Gasteiger partial charge is 0.369 e. The number of anilines is 1. The molecule has 2 rings (SSSR count). The molecule has 1 saturated heterocycles. The first kappa shape index (κ1) is 17.7. The van der Waals surface area contributed by atoms with Crippen molar-refractivity contribution in [3.8, 4) is 0 Å². The average molecular weight is 341 g/mol. The summed E-state index contributed by atoms with van der Waals surface area (Å²) in [4.78, 5) is 14.7. The van der Waals surface area contributed by atoms with Crippen LogP contribution in [0.1, 0.15) is 6.92 Å². The number of sulfone groups is 1. The van der Waals surface area contributed by atoms with Crippen molar-refractivity contribution in [3.05, 3.63) is 34.4 Å². The maximum absolute atomic E-state index is 11.3. The van der Waals surface area contributed by atoms with Crippen LogP contribution in [0, 0.1) is 16.0 Å². The molecule has 1 aromatic carbocycles. The lowest BCUT2D eigenvalue weighted by atomic mass is 10.1. The first-order chi connectivity index (χ1) is 10.7. The van der Waals surface area contributed by atoms with Crippen LogP contribution in [-0.2, 0) is 9.84 Å². The van der Waals surface area contributed by atoms with E-state index in [1.807, 2.05) is 6.92 Å². The Morgan fingerprint density at radius 3 is 2.22 bits per heavy atom. The minimum atomic E-state index is -2.93. The Morgan fingerprint density at radius 1 is 1.17 bits per heavy atom. The van der Waals surface area contributed by atoms with Crippen LogP contribution >= 0.6 is 0 Å². The van der Waals surface area contributed by atoms with Gasteiger partial charge in [0.15, 0.2) is 0 Å². The van der Waals surface area contributed by atoms with E-state index in [9.17, 15) is 18.5 Å². The fourth-order valence-corrected chi connectivity index (χ4v) is 4.12. The van der Waals surface area contributed by atoms with E-state index in [-0.39, 0.29) is 17.4 Å². The zero-order valence-electron chi connectivity index (χ0n) is 13.5. The molecule has 1 aromatic rings. The first-order valence-corrected chi connectivity index (χ1v) is 9.70. The quantitative estimate of drug-likeness (QED) is 0.574. The molecule has 0 radical (unpaired) electrons. The van der Waals surface area contributed by atoms with E-state index in [4.69, 9.17) is 0 Å². The molecule has 0 N–H and O–H groups in total. The van der Waals surface area contributed by atoms with Crippen LogP contribution in [0.15, 0.2) is 24.3 Å². The fourth-order valence-electron chi connectivity index (χ4n) is 2.98. The van der Waals surface area contributed by atoms with Gasteiger partial charge in [-0.1, -0.05) is 6.92 Å². The van der Waals surface area contributed by atoms with Crippen LogP contribution in [0.25, 0.3) is 0 Å². The predicted octanol–water partition coefficient (Wildman–Crippen LogP) is 1.40. The van der Waals surface area contributed by atoms with Crippen LogP contribution in [-0.4, -0.2) is 63.0 Å². The second-order valence-electron chi connectivity index (χ2n) is 6.26. The van der Waals surface area contributed by atoms with E-state index in [2.05, 4.69) is 9.80 Å². The number of nitrogens with zero attached hydrogens (tertiary/aromatic N) is 3. The van der Waals surface area contributed by atoms with E-state index in [0.29, 0.717) is 0 Å². The molecule has 0 spiro atoms. The van der Waals surface area contributed by atoms with Gasteiger partial charge in [-0.2, -0.15) is 0 Å². The van der Waals surface area contributed by atoms with Gasteiger partial charge in [-0.15, -0.1) is 0 Å². The van der Waals surface area contributed by atoms with Crippen molar-refractivity contribution < 1.29 is 13.3 Å². The number of benzene rings is 1. The van der Waals surface area contributed by atoms with Gasteiger partial charge in [-0.25, -0.2) is 8.42 Å². The van der Waals surface area contributed by atoms with Gasteiger partial charge in [0.25, 0.3) is 5.69 Å². The molecular formula is C15H23N3O4S. The minimum absolute atomic E-state index is 0.0991. The molecule has 8 heteroatoms. The highest BCUT2D eigenvalue weighted by Gasteiger charge is 2.20. The van der Waals surface area contributed by atoms with Crippen molar-refractivity contribution in [1.82, 2.24) is 4.90 Å². The SMILES string of the molecule is CC(CN1CCN(c2ccc([N+](=O)[O-])cc2)CC1)CS(C)(=O)=O. The van der Waals surface area contributed by atoms with E-state index in [1.165, 1.54) is 18.4 Å². The van der Waals surface area contributed by atoms with E-state index < -0.39 is 14.8 Å². The summed E-state index contributed by atoms with van der Waals surface area (Å²) in [5.41, 5.74) is 1.08. The fraction of sp³-hybridized carbons (Fsp3) is 0.600. The highest BCUT2D eigenvalue weighted by Crippen LogP contribution is 2.20. The summed E-state index contributed by atoms with van der Waals surface area (Å²) in [6.45, 7) is 6.15. The molecule has 128 valence electrons. The zero-order valence-corrected chi connectivity index (χ0v) is 14.3. The van der Waals surface area contributed by atoms with Crippen molar-refractivity contribution in [2.24, 2.45) is 5.92 Å². The van der Waals surface area contributed by atoms with Crippen LogP contribution in [0.5, 0.6) is 0 Å². The summed E-state index contributed by atoms with van der Waals surface area (Å²) < 4.78 is 22.6. The Morgan fingerprint density at radius 2 is 1.74 bits per heavy atom. The first-order valence-electron chi connectivity index (χ1n) is 7.64. The third kappa shape index (κ3) is 5.47. The molecule has 1 heterocycles. The lowest BCUT2D eigenvalue weighted by Crippen LogP contribution is -2.48. The molecule has 1 fully saturated rings. The molecule has 1 atom stereocenters. The van der Waals surface area contributed by atoms with Crippen LogP contribution < -0.4 is 4.90 Å². The van der Waals surface area contributed by atoms with Gasteiger partial charge in [0.05, 0.1) is 10.7 Å². The number of nitro groups is 1. The second-order valence-corrected chi connectivity index (χ2v) is 8.44. The predicted molar refractivity (Wildman–Crippen MR) is 90.6 cm³/mol. The summed E-state index contributed by atoms with van der Waals surface area (Å²) >= 11 is 0. The van der Waals surface area contributed by atoms with Crippen molar-refractivity contribution >= 4 is 21.2 Å². The maximum atomic E-state index is 11.3. The van der Waals surface area contributed by atoms with E-state index in [1.54, 1.807) is 12.1 Å². The van der Waals surface area contributed by atoms with Crippen LogP contribution in [0.2, 0.25) is 0 Å². The molecule has 1 aliphatic rings. The maximum Gasteiger partial charge on any atom is 0.269 e. The van der Waals surface area contributed by atoms with Crippen molar-refractivity contribution in [1.29, 1.82) is 0 Å². The van der Waals surface area contributed by atoms with Crippen molar-refractivity contribution in [2.45, 2.75) is 6.92 Å². The molecule has 0 aromatic heterocycles. The molecule has 7 nitrogen and oxygen atoms in total. The van der Waals surface area contributed by atoms with Crippen LogP contribution in [0.4, 0.5) is 11.4 Å². The molecule has 23 heavy (non-hydrogen) atoms. The smallest absolute Gasteiger partial charge is 0.269 e. The van der Waals surface area contributed by atoms with Gasteiger partial charge in [-0.3, -0.25) is 15.0 Å². The minimum Gasteiger partial charge on any atom is -0.369 e. The summed E-state index contributed by atoms with van der Waals surface area (Å²) in [5.74, 6) is 0.339. The lowest BCUT2D eigenvalue weighted by Gasteiger charge is -2.37. The van der Waals surface area contributed by atoms with E-state index >= 15 is 0 Å². The summed E-state index contributed by atoms with van der Waals surface area (Å²) in [5, 5.41) is 10.7. The Hall–Kier alpha value is -1.67. The molecular weight excluding hydrogens is 318 g/mol. The third-order valence-electron chi connectivity index (χ3n) is 3.96. The Kier molecular flexibility index (Phi) is 5.59. The van der Waals surface area contributed by atoms with E-state index in [0.717, 1.165) is 38.4 Å². The van der Waals surface area contributed by atoms with Crippen LogP contribution in [0.3, 0.4) is 0 Å². The number of hydrogen-bond donors (Lipinski definition) is 0. The molecule has 0 amide bonds. The molecule has 0 aliphatic carbocycles. The third-order valence-corrected chi connectivity index (χ3v) is 5.13. The highest BCUT2D eigenvalue weighted by molar-refractivity contribution is 7.90. The normalized spacial score (nSPS) is 17.9.